The van der Waals surface area contributed by atoms with E-state index >= 15 is 0 Å². The summed E-state index contributed by atoms with van der Waals surface area (Å²) in [6.07, 6.45) is 3.37. The molecule has 1 heterocycles. The van der Waals surface area contributed by atoms with Crippen molar-refractivity contribution in [1.82, 2.24) is 4.90 Å². The van der Waals surface area contributed by atoms with Gasteiger partial charge in [-0.05, 0) is 73.9 Å². The van der Waals surface area contributed by atoms with E-state index < -0.39 is 0 Å². The van der Waals surface area contributed by atoms with Crippen molar-refractivity contribution >= 4 is 57.8 Å². The van der Waals surface area contributed by atoms with Gasteiger partial charge in [0.1, 0.15) is 0 Å². The molecule has 0 saturated carbocycles. The lowest BCUT2D eigenvalue weighted by atomic mass is 10.1. The third-order valence-corrected chi connectivity index (χ3v) is 4.96. The molecule has 0 aliphatic carbocycles. The van der Waals surface area contributed by atoms with Crippen molar-refractivity contribution < 1.29 is 4.79 Å². The molecule has 7 heteroatoms. The lowest BCUT2D eigenvalue weighted by Crippen LogP contribution is -2.35. The number of carbonyl (C=O) groups is 1. The maximum atomic E-state index is 12.5. The fourth-order valence-electron chi connectivity index (χ4n) is 2.85. The van der Waals surface area contributed by atoms with Gasteiger partial charge in [0.2, 0.25) is 0 Å². The smallest absolute Gasteiger partial charge is 0.253 e. The van der Waals surface area contributed by atoms with Crippen molar-refractivity contribution in [3.8, 4) is 0 Å². The zero-order chi connectivity index (χ0) is 18.5. The van der Waals surface area contributed by atoms with E-state index in [1.165, 1.54) is 6.42 Å². The first-order valence-corrected chi connectivity index (χ1v) is 9.62. The fraction of sp³-hybridized carbons (Fsp3) is 0.263. The van der Waals surface area contributed by atoms with Gasteiger partial charge in [-0.2, -0.15) is 0 Å². The molecule has 26 heavy (non-hydrogen) atoms. The number of nitrogens with one attached hydrogen (secondary N) is 2. The highest BCUT2D eigenvalue weighted by Crippen LogP contribution is 2.25. The van der Waals surface area contributed by atoms with Crippen LogP contribution >= 0.6 is 35.4 Å². The second-order valence-electron chi connectivity index (χ2n) is 6.13. The Kier molecular flexibility index (Phi) is 6.35. The molecule has 0 unspecified atom stereocenters. The third-order valence-electron chi connectivity index (χ3n) is 4.21. The predicted molar refractivity (Wildman–Crippen MR) is 113 cm³/mol. The number of benzene rings is 2. The summed E-state index contributed by atoms with van der Waals surface area (Å²) in [7, 11) is 0. The first-order chi connectivity index (χ1) is 12.5. The van der Waals surface area contributed by atoms with E-state index in [4.69, 9.17) is 35.4 Å². The van der Waals surface area contributed by atoms with Crippen LogP contribution in [0.5, 0.6) is 0 Å². The molecule has 1 amide bonds. The van der Waals surface area contributed by atoms with Crippen LogP contribution in [-0.4, -0.2) is 29.0 Å². The highest BCUT2D eigenvalue weighted by Gasteiger charge is 2.17. The van der Waals surface area contributed by atoms with E-state index in [9.17, 15) is 4.79 Å². The Hall–Kier alpha value is -1.82. The van der Waals surface area contributed by atoms with Gasteiger partial charge in [-0.3, -0.25) is 4.79 Å². The first-order valence-electron chi connectivity index (χ1n) is 8.45. The van der Waals surface area contributed by atoms with E-state index in [0.29, 0.717) is 26.4 Å². The number of halogens is 2. The van der Waals surface area contributed by atoms with Crippen LogP contribution in [0.15, 0.2) is 42.5 Å². The molecule has 2 aromatic rings. The fourth-order valence-corrected chi connectivity index (χ4v) is 3.53. The number of hydrogen-bond donors (Lipinski definition) is 2. The summed E-state index contributed by atoms with van der Waals surface area (Å²) in [5, 5.41) is 7.57. The summed E-state index contributed by atoms with van der Waals surface area (Å²) in [6.45, 7) is 1.68. The van der Waals surface area contributed by atoms with Gasteiger partial charge in [0.25, 0.3) is 5.91 Å². The lowest BCUT2D eigenvalue weighted by Gasteiger charge is -2.26. The Morgan fingerprint density at radius 3 is 2.31 bits per heavy atom. The minimum atomic E-state index is 0.0879. The number of amides is 1. The normalized spacial score (nSPS) is 14.0. The quantitative estimate of drug-likeness (QED) is 0.665. The molecule has 4 nitrogen and oxygen atoms in total. The van der Waals surface area contributed by atoms with E-state index in [-0.39, 0.29) is 5.91 Å². The number of piperidine rings is 1. The van der Waals surface area contributed by atoms with Gasteiger partial charge in [0, 0.05) is 29.4 Å². The Morgan fingerprint density at radius 1 is 0.962 bits per heavy atom. The number of carbonyl (C=O) groups excluding carboxylic acids is 1. The zero-order valence-electron chi connectivity index (χ0n) is 14.1. The molecule has 1 aliphatic heterocycles. The van der Waals surface area contributed by atoms with E-state index in [1.54, 1.807) is 18.2 Å². The molecule has 0 spiro atoms. The Labute approximate surface area is 168 Å². The number of nitrogens with zero attached hydrogens (tertiary/aromatic N) is 1. The monoisotopic (exact) mass is 407 g/mol. The standard InChI is InChI=1S/C19H19Cl2N3OS/c20-14-6-9-17(16(21)12-14)23-19(26)22-15-7-4-13(5-8-15)18(25)24-10-2-1-3-11-24/h4-9,12H,1-3,10-11H2,(H2,22,23,26). The van der Waals surface area contributed by atoms with Gasteiger partial charge in [-0.15, -0.1) is 0 Å². The minimum absolute atomic E-state index is 0.0879. The second kappa shape index (κ2) is 8.71. The summed E-state index contributed by atoms with van der Waals surface area (Å²) >= 11 is 17.3. The summed E-state index contributed by atoms with van der Waals surface area (Å²) in [6, 6.07) is 12.5. The van der Waals surface area contributed by atoms with Gasteiger partial charge in [0.05, 0.1) is 10.7 Å². The van der Waals surface area contributed by atoms with Gasteiger partial charge in [0.15, 0.2) is 5.11 Å². The molecule has 0 radical (unpaired) electrons. The lowest BCUT2D eigenvalue weighted by molar-refractivity contribution is 0.0724. The van der Waals surface area contributed by atoms with Crippen molar-refractivity contribution in [2.24, 2.45) is 0 Å². The topological polar surface area (TPSA) is 44.4 Å². The predicted octanol–water partition coefficient (Wildman–Crippen LogP) is 5.43. The number of anilines is 2. The Balaban J connectivity index is 1.59. The molecular weight excluding hydrogens is 389 g/mol. The van der Waals surface area contributed by atoms with Crippen LogP contribution in [0.2, 0.25) is 10.0 Å². The molecule has 2 N–H and O–H groups in total. The van der Waals surface area contributed by atoms with Crippen molar-refractivity contribution in [2.75, 3.05) is 23.7 Å². The molecule has 1 fully saturated rings. The number of rotatable bonds is 3. The number of hydrogen-bond acceptors (Lipinski definition) is 2. The molecule has 1 aliphatic rings. The average Bonchev–Trinajstić information content (AvgIpc) is 2.65. The second-order valence-corrected chi connectivity index (χ2v) is 7.39. The largest absolute Gasteiger partial charge is 0.339 e. The van der Waals surface area contributed by atoms with E-state index in [1.807, 2.05) is 29.2 Å². The van der Waals surface area contributed by atoms with Gasteiger partial charge < -0.3 is 15.5 Å². The summed E-state index contributed by atoms with van der Waals surface area (Å²) < 4.78 is 0. The third kappa shape index (κ3) is 4.87. The highest BCUT2D eigenvalue weighted by atomic mass is 35.5. The number of likely N-dealkylation sites (tertiary alicyclic amines) is 1. The zero-order valence-corrected chi connectivity index (χ0v) is 16.4. The molecule has 2 aromatic carbocycles. The molecule has 0 atom stereocenters. The minimum Gasteiger partial charge on any atom is -0.339 e. The van der Waals surface area contributed by atoms with Crippen LogP contribution in [-0.2, 0) is 0 Å². The molecule has 3 rings (SSSR count). The maximum Gasteiger partial charge on any atom is 0.253 e. The number of thiocarbonyl (C=S) groups is 1. The highest BCUT2D eigenvalue weighted by molar-refractivity contribution is 7.80. The average molecular weight is 408 g/mol. The van der Waals surface area contributed by atoms with Crippen LogP contribution < -0.4 is 10.6 Å². The maximum absolute atomic E-state index is 12.5. The summed E-state index contributed by atoms with van der Waals surface area (Å²) in [4.78, 5) is 14.4. The van der Waals surface area contributed by atoms with Crippen molar-refractivity contribution in [1.29, 1.82) is 0 Å². The van der Waals surface area contributed by atoms with Crippen LogP contribution in [0, 0.1) is 0 Å². The van der Waals surface area contributed by atoms with Crippen LogP contribution in [0.1, 0.15) is 29.6 Å². The van der Waals surface area contributed by atoms with Crippen molar-refractivity contribution in [2.45, 2.75) is 19.3 Å². The van der Waals surface area contributed by atoms with Crippen LogP contribution in [0.25, 0.3) is 0 Å². The molecular formula is C19H19Cl2N3OS. The molecule has 136 valence electrons. The molecule has 1 saturated heterocycles. The van der Waals surface area contributed by atoms with E-state index in [0.717, 1.165) is 31.6 Å². The SMILES string of the molecule is O=C(c1ccc(NC(=S)Nc2ccc(Cl)cc2Cl)cc1)N1CCCCC1. The van der Waals surface area contributed by atoms with Crippen molar-refractivity contribution in [3.05, 3.63) is 58.1 Å². The Bertz CT molecular complexity index is 805. The van der Waals surface area contributed by atoms with Crippen molar-refractivity contribution in [3.63, 3.8) is 0 Å². The van der Waals surface area contributed by atoms with Crippen LogP contribution in [0.3, 0.4) is 0 Å². The van der Waals surface area contributed by atoms with Gasteiger partial charge >= 0.3 is 0 Å². The first kappa shape index (κ1) is 19.0. The van der Waals surface area contributed by atoms with Gasteiger partial charge in [-0.1, -0.05) is 23.2 Å². The Morgan fingerprint density at radius 2 is 1.65 bits per heavy atom. The van der Waals surface area contributed by atoms with Crippen LogP contribution in [0.4, 0.5) is 11.4 Å². The van der Waals surface area contributed by atoms with Gasteiger partial charge in [-0.25, -0.2) is 0 Å². The molecule has 0 bridgehead atoms. The molecule has 0 aromatic heterocycles. The summed E-state index contributed by atoms with van der Waals surface area (Å²) in [5.74, 6) is 0.0879. The van der Waals surface area contributed by atoms with E-state index in [2.05, 4.69) is 10.6 Å². The summed E-state index contributed by atoms with van der Waals surface area (Å²) in [5.41, 5.74) is 2.16.